The van der Waals surface area contributed by atoms with Crippen molar-refractivity contribution in [1.29, 1.82) is 0 Å². The van der Waals surface area contributed by atoms with Gasteiger partial charge in [0.15, 0.2) is 5.96 Å². The normalized spacial score (nSPS) is 16.8. The zero-order valence-electron chi connectivity index (χ0n) is 14.9. The minimum Gasteiger partial charge on any atom is -0.453 e. The van der Waals surface area contributed by atoms with Gasteiger partial charge in [0.25, 0.3) is 0 Å². The Morgan fingerprint density at radius 2 is 2.12 bits per heavy atom. The summed E-state index contributed by atoms with van der Waals surface area (Å²) in [6, 6.07) is 7.60. The number of rotatable bonds is 5. The van der Waals surface area contributed by atoms with Crippen LogP contribution in [0, 0.1) is 5.92 Å². The minimum absolute atomic E-state index is 0. The molecule has 140 valence electrons. The van der Waals surface area contributed by atoms with E-state index < -0.39 is 6.09 Å². The summed E-state index contributed by atoms with van der Waals surface area (Å²) in [5.74, 6) is 1.43. The van der Waals surface area contributed by atoms with Crippen LogP contribution in [0.4, 0.5) is 10.5 Å². The molecule has 0 saturated carbocycles. The molecule has 1 aliphatic heterocycles. The molecule has 0 aliphatic carbocycles. The molecule has 1 aliphatic rings. The van der Waals surface area contributed by atoms with Crippen LogP contribution in [-0.2, 0) is 16.0 Å². The molecule has 1 saturated heterocycles. The second kappa shape index (κ2) is 11.1. The first-order chi connectivity index (χ1) is 11.6. The Labute approximate surface area is 166 Å². The van der Waals surface area contributed by atoms with Gasteiger partial charge in [0, 0.05) is 45.4 Å². The van der Waals surface area contributed by atoms with Crippen molar-refractivity contribution in [3.8, 4) is 0 Å². The number of ether oxygens (including phenoxy) is 2. The van der Waals surface area contributed by atoms with Crippen LogP contribution >= 0.6 is 24.0 Å². The van der Waals surface area contributed by atoms with Crippen LogP contribution in [0.3, 0.4) is 0 Å². The number of guanidine groups is 1. The van der Waals surface area contributed by atoms with Crippen LogP contribution in [0.15, 0.2) is 29.3 Å². The van der Waals surface area contributed by atoms with Gasteiger partial charge in [-0.2, -0.15) is 0 Å². The number of hydrogen-bond acceptors (Lipinski definition) is 4. The lowest BCUT2D eigenvalue weighted by molar-refractivity contribution is 0.181. The molecule has 1 amide bonds. The molecule has 1 unspecified atom stereocenters. The third-order valence-electron chi connectivity index (χ3n) is 3.97. The van der Waals surface area contributed by atoms with Gasteiger partial charge < -0.3 is 19.7 Å². The molecule has 1 heterocycles. The molecule has 25 heavy (non-hydrogen) atoms. The number of aliphatic imine (C=N–C) groups is 1. The third kappa shape index (κ3) is 7.07. The standard InChI is InChI=1S/C17H26N4O3.HI/c1-18-16(21(2)11-14-8-9-24-12-14)19-10-13-4-6-15(7-5-13)20-17(22)23-3;/h4-7,14H,8-12H2,1-3H3,(H,18,19)(H,20,22);1H. The van der Waals surface area contributed by atoms with Gasteiger partial charge in [-0.25, -0.2) is 4.79 Å². The minimum atomic E-state index is -0.473. The molecule has 0 bridgehead atoms. The van der Waals surface area contributed by atoms with E-state index in [2.05, 4.69) is 25.3 Å². The number of methoxy groups -OCH3 is 1. The highest BCUT2D eigenvalue weighted by Crippen LogP contribution is 2.13. The zero-order chi connectivity index (χ0) is 17.4. The quantitative estimate of drug-likeness (QED) is 0.400. The fourth-order valence-corrected chi connectivity index (χ4v) is 2.64. The number of carbonyl (C=O) groups is 1. The second-order valence-electron chi connectivity index (χ2n) is 5.82. The van der Waals surface area contributed by atoms with Crippen molar-refractivity contribution in [1.82, 2.24) is 10.2 Å². The van der Waals surface area contributed by atoms with Crippen LogP contribution < -0.4 is 10.6 Å². The third-order valence-corrected chi connectivity index (χ3v) is 3.97. The van der Waals surface area contributed by atoms with Crippen LogP contribution in [0.5, 0.6) is 0 Å². The van der Waals surface area contributed by atoms with Crippen molar-refractivity contribution in [2.24, 2.45) is 10.9 Å². The number of anilines is 1. The van der Waals surface area contributed by atoms with E-state index in [9.17, 15) is 4.79 Å². The van der Waals surface area contributed by atoms with Crippen molar-refractivity contribution in [3.63, 3.8) is 0 Å². The van der Waals surface area contributed by atoms with Crippen molar-refractivity contribution < 1.29 is 14.3 Å². The van der Waals surface area contributed by atoms with Crippen molar-refractivity contribution in [2.75, 3.05) is 46.3 Å². The van der Waals surface area contributed by atoms with Gasteiger partial charge in [0.2, 0.25) is 0 Å². The Hall–Kier alpha value is -1.55. The average Bonchev–Trinajstić information content (AvgIpc) is 3.09. The Kier molecular flexibility index (Phi) is 9.58. The first-order valence-corrected chi connectivity index (χ1v) is 8.05. The number of amides is 1. The summed E-state index contributed by atoms with van der Waals surface area (Å²) in [6.07, 6.45) is 0.634. The maximum atomic E-state index is 11.2. The smallest absolute Gasteiger partial charge is 0.411 e. The van der Waals surface area contributed by atoms with Gasteiger partial charge in [0.1, 0.15) is 0 Å². The molecule has 1 fully saturated rings. The highest BCUT2D eigenvalue weighted by atomic mass is 127. The van der Waals surface area contributed by atoms with Crippen LogP contribution in [-0.4, -0.2) is 57.9 Å². The van der Waals surface area contributed by atoms with Gasteiger partial charge in [-0.3, -0.25) is 10.3 Å². The maximum Gasteiger partial charge on any atom is 0.411 e. The molecule has 1 aromatic carbocycles. The van der Waals surface area contributed by atoms with Crippen molar-refractivity contribution in [2.45, 2.75) is 13.0 Å². The summed E-state index contributed by atoms with van der Waals surface area (Å²) >= 11 is 0. The van der Waals surface area contributed by atoms with E-state index >= 15 is 0 Å². The summed E-state index contributed by atoms with van der Waals surface area (Å²) in [5, 5.41) is 5.98. The van der Waals surface area contributed by atoms with Gasteiger partial charge in [0.05, 0.1) is 13.7 Å². The Morgan fingerprint density at radius 3 is 2.68 bits per heavy atom. The number of benzene rings is 1. The summed E-state index contributed by atoms with van der Waals surface area (Å²) < 4.78 is 9.99. The molecule has 2 N–H and O–H groups in total. The topological polar surface area (TPSA) is 75.2 Å². The first kappa shape index (κ1) is 21.5. The number of hydrogen-bond donors (Lipinski definition) is 2. The van der Waals surface area contributed by atoms with E-state index in [-0.39, 0.29) is 24.0 Å². The van der Waals surface area contributed by atoms with Crippen molar-refractivity contribution >= 4 is 41.7 Å². The monoisotopic (exact) mass is 462 g/mol. The van der Waals surface area contributed by atoms with Crippen molar-refractivity contribution in [3.05, 3.63) is 29.8 Å². The number of carbonyl (C=O) groups excluding carboxylic acids is 1. The highest BCUT2D eigenvalue weighted by Gasteiger charge is 2.18. The fraction of sp³-hybridized carbons (Fsp3) is 0.529. The highest BCUT2D eigenvalue weighted by molar-refractivity contribution is 14.0. The van der Waals surface area contributed by atoms with Gasteiger partial charge >= 0.3 is 6.09 Å². The lowest BCUT2D eigenvalue weighted by Crippen LogP contribution is -2.41. The summed E-state index contributed by atoms with van der Waals surface area (Å²) in [4.78, 5) is 17.6. The first-order valence-electron chi connectivity index (χ1n) is 8.05. The molecule has 7 nitrogen and oxygen atoms in total. The Morgan fingerprint density at radius 1 is 1.40 bits per heavy atom. The van der Waals surface area contributed by atoms with Crippen LogP contribution in [0.1, 0.15) is 12.0 Å². The predicted molar refractivity (Wildman–Crippen MR) is 110 cm³/mol. The van der Waals surface area contributed by atoms with Gasteiger partial charge in [-0.05, 0) is 24.1 Å². The molecule has 2 rings (SSSR count). The number of nitrogens with zero attached hydrogens (tertiary/aromatic N) is 2. The van der Waals surface area contributed by atoms with E-state index in [4.69, 9.17) is 4.74 Å². The van der Waals surface area contributed by atoms with E-state index in [1.165, 1.54) is 7.11 Å². The largest absolute Gasteiger partial charge is 0.453 e. The molecular formula is C17H27IN4O3. The van der Waals surface area contributed by atoms with E-state index in [1.54, 1.807) is 7.05 Å². The van der Waals surface area contributed by atoms with E-state index in [0.717, 1.165) is 37.7 Å². The molecule has 0 spiro atoms. The fourth-order valence-electron chi connectivity index (χ4n) is 2.64. The maximum absolute atomic E-state index is 11.2. The van der Waals surface area contributed by atoms with Crippen LogP contribution in [0.2, 0.25) is 0 Å². The Balaban J connectivity index is 0.00000312. The lowest BCUT2D eigenvalue weighted by Gasteiger charge is -2.24. The predicted octanol–water partition coefficient (Wildman–Crippen LogP) is 2.53. The summed E-state index contributed by atoms with van der Waals surface area (Å²) in [7, 11) is 5.16. The van der Waals surface area contributed by atoms with Crippen LogP contribution in [0.25, 0.3) is 0 Å². The summed E-state index contributed by atoms with van der Waals surface area (Å²) in [6.45, 7) is 3.28. The van der Waals surface area contributed by atoms with Gasteiger partial charge in [-0.15, -0.1) is 24.0 Å². The lowest BCUT2D eigenvalue weighted by atomic mass is 10.1. The number of nitrogens with one attached hydrogen (secondary N) is 2. The molecule has 1 aromatic rings. The Bertz CT molecular complexity index is 560. The molecule has 0 aromatic heterocycles. The molecule has 8 heteroatoms. The molecular weight excluding hydrogens is 435 g/mol. The van der Waals surface area contributed by atoms with E-state index in [1.807, 2.05) is 31.3 Å². The van der Waals surface area contributed by atoms with E-state index in [0.29, 0.717) is 18.2 Å². The molecule has 0 radical (unpaired) electrons. The average molecular weight is 462 g/mol. The second-order valence-corrected chi connectivity index (χ2v) is 5.82. The summed E-state index contributed by atoms with van der Waals surface area (Å²) in [5.41, 5.74) is 1.80. The molecule has 1 atom stereocenters. The van der Waals surface area contributed by atoms with Gasteiger partial charge in [-0.1, -0.05) is 12.1 Å². The number of halogens is 1. The zero-order valence-corrected chi connectivity index (χ0v) is 17.3. The SMILES string of the molecule is CN=C(NCc1ccc(NC(=O)OC)cc1)N(C)CC1CCOC1.I.